The lowest BCUT2D eigenvalue weighted by atomic mass is 10.2. The Balaban J connectivity index is 0.000000921. The fourth-order valence-electron chi connectivity index (χ4n) is 1.45. The van der Waals surface area contributed by atoms with Crippen LogP contribution in [-0.2, 0) is 0 Å². The molecule has 0 aliphatic carbocycles. The van der Waals surface area contributed by atoms with Crippen LogP contribution in [-0.4, -0.2) is 11.0 Å². The van der Waals surface area contributed by atoms with Crippen molar-refractivity contribution >= 4 is 11.6 Å². The molecule has 1 amide bonds. The number of phenols is 1. The molecule has 0 spiro atoms. The van der Waals surface area contributed by atoms with E-state index < -0.39 is 0 Å². The van der Waals surface area contributed by atoms with Crippen LogP contribution in [0.15, 0.2) is 48.5 Å². The molecular weight excluding hydrogens is 262 g/mol. The molecule has 0 aliphatic heterocycles. The van der Waals surface area contributed by atoms with E-state index in [4.69, 9.17) is 5.11 Å². The normalized spacial score (nSPS) is 8.62. The van der Waals surface area contributed by atoms with Crippen LogP contribution in [0, 0.1) is 6.92 Å². The van der Waals surface area contributed by atoms with Gasteiger partial charge in [0.25, 0.3) is 5.91 Å². The zero-order valence-corrected chi connectivity index (χ0v) is 13.5. The zero-order valence-electron chi connectivity index (χ0n) is 13.5. The third kappa shape index (κ3) is 6.61. The molecule has 0 saturated heterocycles. The first-order chi connectivity index (χ1) is 10.1. The maximum absolute atomic E-state index is 11.8. The molecule has 2 aromatic rings. The smallest absolute Gasteiger partial charge is 0.255 e. The van der Waals surface area contributed by atoms with E-state index >= 15 is 0 Å². The van der Waals surface area contributed by atoms with Gasteiger partial charge in [0.2, 0.25) is 0 Å². The second kappa shape index (κ2) is 10.5. The summed E-state index contributed by atoms with van der Waals surface area (Å²) < 4.78 is 0. The fourth-order valence-corrected chi connectivity index (χ4v) is 1.45. The van der Waals surface area contributed by atoms with Crippen LogP contribution in [0.25, 0.3) is 0 Å². The van der Waals surface area contributed by atoms with Crippen molar-refractivity contribution in [1.82, 2.24) is 0 Å². The van der Waals surface area contributed by atoms with Gasteiger partial charge in [-0.3, -0.25) is 4.79 Å². The first kappa shape index (κ1) is 18.7. The Hall–Kier alpha value is -2.29. The standard InChI is InChI=1S/C14H13NO2.2C2H6/c1-10-2-6-12(7-3-10)15-14(17)11-4-8-13(16)9-5-11;2*1-2/h2-9,16H,1H3,(H,15,17);2*1-2H3. The van der Waals surface area contributed by atoms with Crippen molar-refractivity contribution in [2.24, 2.45) is 0 Å². The summed E-state index contributed by atoms with van der Waals surface area (Å²) in [5, 5.41) is 11.9. The number of aryl methyl sites for hydroxylation is 1. The van der Waals surface area contributed by atoms with Crippen molar-refractivity contribution in [1.29, 1.82) is 0 Å². The monoisotopic (exact) mass is 287 g/mol. The molecule has 114 valence electrons. The lowest BCUT2D eigenvalue weighted by Gasteiger charge is -2.05. The summed E-state index contributed by atoms with van der Waals surface area (Å²) in [7, 11) is 0. The summed E-state index contributed by atoms with van der Waals surface area (Å²) in [4.78, 5) is 11.8. The maximum atomic E-state index is 11.8. The number of rotatable bonds is 2. The largest absolute Gasteiger partial charge is 0.508 e. The second-order valence-corrected chi connectivity index (χ2v) is 3.87. The second-order valence-electron chi connectivity index (χ2n) is 3.87. The molecule has 0 unspecified atom stereocenters. The van der Waals surface area contributed by atoms with Gasteiger partial charge >= 0.3 is 0 Å². The Morgan fingerprint density at radius 3 is 1.81 bits per heavy atom. The van der Waals surface area contributed by atoms with E-state index in [-0.39, 0.29) is 11.7 Å². The van der Waals surface area contributed by atoms with Crippen LogP contribution in [0.1, 0.15) is 43.6 Å². The molecule has 0 heterocycles. The molecule has 0 saturated carbocycles. The van der Waals surface area contributed by atoms with Gasteiger partial charge in [-0.1, -0.05) is 45.4 Å². The van der Waals surface area contributed by atoms with Crippen molar-refractivity contribution < 1.29 is 9.90 Å². The van der Waals surface area contributed by atoms with Crippen molar-refractivity contribution in [3.63, 3.8) is 0 Å². The van der Waals surface area contributed by atoms with Crippen LogP contribution in [0.4, 0.5) is 5.69 Å². The average molecular weight is 287 g/mol. The van der Waals surface area contributed by atoms with Crippen LogP contribution < -0.4 is 5.32 Å². The zero-order chi connectivity index (χ0) is 16.3. The quantitative estimate of drug-likeness (QED) is 0.816. The Labute approximate surface area is 127 Å². The van der Waals surface area contributed by atoms with E-state index in [0.717, 1.165) is 11.3 Å². The molecule has 0 fully saturated rings. The number of carbonyl (C=O) groups excluding carboxylic acids is 1. The first-order valence-electron chi connectivity index (χ1n) is 7.32. The number of anilines is 1. The summed E-state index contributed by atoms with van der Waals surface area (Å²) in [6, 6.07) is 13.7. The summed E-state index contributed by atoms with van der Waals surface area (Å²) in [5.41, 5.74) is 2.42. The highest BCUT2D eigenvalue weighted by Gasteiger charge is 2.05. The number of aromatic hydroxyl groups is 1. The van der Waals surface area contributed by atoms with Gasteiger partial charge in [-0.05, 0) is 43.3 Å². The molecule has 3 nitrogen and oxygen atoms in total. The Morgan fingerprint density at radius 2 is 1.33 bits per heavy atom. The van der Waals surface area contributed by atoms with E-state index in [1.165, 1.54) is 12.1 Å². The predicted octanol–water partition coefficient (Wildman–Crippen LogP) is 5.01. The molecule has 0 atom stereocenters. The number of phenolic OH excluding ortho intramolecular Hbond substituents is 1. The van der Waals surface area contributed by atoms with E-state index in [0.29, 0.717) is 5.56 Å². The minimum atomic E-state index is -0.186. The molecular formula is C18H25NO2. The van der Waals surface area contributed by atoms with Gasteiger partial charge in [0.05, 0.1) is 0 Å². The number of benzene rings is 2. The van der Waals surface area contributed by atoms with Gasteiger partial charge in [0.1, 0.15) is 5.75 Å². The molecule has 2 rings (SSSR count). The molecule has 21 heavy (non-hydrogen) atoms. The number of amides is 1. The number of nitrogens with one attached hydrogen (secondary N) is 1. The SMILES string of the molecule is CC.CC.Cc1ccc(NC(=O)c2ccc(O)cc2)cc1. The predicted molar refractivity (Wildman–Crippen MR) is 89.9 cm³/mol. The minimum Gasteiger partial charge on any atom is -0.508 e. The van der Waals surface area contributed by atoms with Gasteiger partial charge in [0, 0.05) is 11.3 Å². The molecule has 0 bridgehead atoms. The third-order valence-electron chi connectivity index (χ3n) is 2.44. The van der Waals surface area contributed by atoms with Crippen LogP contribution >= 0.6 is 0 Å². The van der Waals surface area contributed by atoms with Crippen molar-refractivity contribution in [2.45, 2.75) is 34.6 Å². The van der Waals surface area contributed by atoms with E-state index in [1.54, 1.807) is 12.1 Å². The minimum absolute atomic E-state index is 0.150. The summed E-state index contributed by atoms with van der Waals surface area (Å²) in [5.74, 6) is -0.0364. The van der Waals surface area contributed by atoms with Gasteiger partial charge in [0.15, 0.2) is 0 Å². The molecule has 2 aromatic carbocycles. The Kier molecular flexibility index (Phi) is 9.35. The number of hydrogen-bond donors (Lipinski definition) is 2. The lowest BCUT2D eigenvalue weighted by Crippen LogP contribution is -2.11. The third-order valence-corrected chi connectivity index (χ3v) is 2.44. The fraction of sp³-hybridized carbons (Fsp3) is 0.278. The lowest BCUT2D eigenvalue weighted by molar-refractivity contribution is 0.102. The summed E-state index contributed by atoms with van der Waals surface area (Å²) in [6.45, 7) is 9.99. The topological polar surface area (TPSA) is 49.3 Å². The van der Waals surface area contributed by atoms with E-state index in [9.17, 15) is 4.79 Å². The highest BCUT2D eigenvalue weighted by Crippen LogP contribution is 2.13. The maximum Gasteiger partial charge on any atom is 0.255 e. The number of hydrogen-bond acceptors (Lipinski definition) is 2. The molecule has 0 aromatic heterocycles. The highest BCUT2D eigenvalue weighted by molar-refractivity contribution is 6.04. The average Bonchev–Trinajstić information content (AvgIpc) is 2.54. The van der Waals surface area contributed by atoms with Crippen molar-refractivity contribution in [2.75, 3.05) is 5.32 Å². The van der Waals surface area contributed by atoms with Crippen molar-refractivity contribution in [3.05, 3.63) is 59.7 Å². The number of carbonyl (C=O) groups is 1. The van der Waals surface area contributed by atoms with E-state index in [1.807, 2.05) is 58.9 Å². The molecule has 3 heteroatoms. The van der Waals surface area contributed by atoms with Gasteiger partial charge in [-0.2, -0.15) is 0 Å². The van der Waals surface area contributed by atoms with Gasteiger partial charge in [-0.15, -0.1) is 0 Å². The highest BCUT2D eigenvalue weighted by atomic mass is 16.3. The molecule has 2 N–H and O–H groups in total. The van der Waals surface area contributed by atoms with Gasteiger partial charge < -0.3 is 10.4 Å². The molecule has 0 aliphatic rings. The van der Waals surface area contributed by atoms with Crippen LogP contribution in [0.5, 0.6) is 5.75 Å². The van der Waals surface area contributed by atoms with Gasteiger partial charge in [-0.25, -0.2) is 0 Å². The Bertz CT molecular complexity index is 516. The summed E-state index contributed by atoms with van der Waals surface area (Å²) >= 11 is 0. The van der Waals surface area contributed by atoms with E-state index in [2.05, 4.69) is 5.32 Å². The Morgan fingerprint density at radius 1 is 0.857 bits per heavy atom. The molecule has 0 radical (unpaired) electrons. The first-order valence-corrected chi connectivity index (χ1v) is 7.32. The van der Waals surface area contributed by atoms with Crippen molar-refractivity contribution in [3.8, 4) is 5.75 Å². The summed E-state index contributed by atoms with van der Waals surface area (Å²) in [6.07, 6.45) is 0. The van der Waals surface area contributed by atoms with Crippen LogP contribution in [0.3, 0.4) is 0 Å². The van der Waals surface area contributed by atoms with Crippen LogP contribution in [0.2, 0.25) is 0 Å².